The van der Waals surface area contributed by atoms with Crippen LogP contribution in [0.25, 0.3) is 0 Å². The molecule has 0 N–H and O–H groups in total. The van der Waals surface area contributed by atoms with Gasteiger partial charge in [-0.25, -0.2) is 4.79 Å². The van der Waals surface area contributed by atoms with Gasteiger partial charge in [0.2, 0.25) is 0 Å². The van der Waals surface area contributed by atoms with E-state index in [2.05, 4.69) is 23.6 Å². The van der Waals surface area contributed by atoms with Crippen molar-refractivity contribution >= 4 is 17.7 Å². The Morgan fingerprint density at radius 2 is 1.86 bits per heavy atom. The number of carbonyl (C=O) groups excluding carboxylic acids is 1. The highest BCUT2D eigenvalue weighted by Gasteiger charge is 2.34. The third-order valence-corrected chi connectivity index (χ3v) is 5.48. The average molecular weight is 407 g/mol. The summed E-state index contributed by atoms with van der Waals surface area (Å²) < 4.78 is 11.4. The van der Waals surface area contributed by atoms with Crippen LogP contribution in [0, 0.1) is 0 Å². The molecule has 154 valence electrons. The minimum absolute atomic E-state index is 0.162. The molecule has 0 spiro atoms. The van der Waals surface area contributed by atoms with Crippen molar-refractivity contribution in [1.29, 1.82) is 0 Å². The second-order valence-electron chi connectivity index (χ2n) is 8.70. The van der Waals surface area contributed by atoms with Crippen molar-refractivity contribution in [1.82, 2.24) is 9.80 Å². The van der Waals surface area contributed by atoms with Gasteiger partial charge in [0.15, 0.2) is 0 Å². The molecule has 3 rings (SSSR count). The molecule has 0 unspecified atom stereocenters. The van der Waals surface area contributed by atoms with Crippen LogP contribution in [0.3, 0.4) is 0 Å². The van der Waals surface area contributed by atoms with E-state index in [0.29, 0.717) is 32.3 Å². The number of benzene rings is 1. The molecule has 2 heterocycles. The fourth-order valence-corrected chi connectivity index (χ4v) is 4.01. The molecule has 6 heteroatoms. The van der Waals surface area contributed by atoms with Crippen molar-refractivity contribution in [3.05, 3.63) is 47.0 Å². The first-order valence-corrected chi connectivity index (χ1v) is 10.3. The van der Waals surface area contributed by atoms with Gasteiger partial charge in [-0.1, -0.05) is 30.3 Å². The molecule has 0 aromatic heterocycles. The van der Waals surface area contributed by atoms with E-state index in [0.717, 1.165) is 30.0 Å². The van der Waals surface area contributed by atoms with Crippen LogP contribution >= 0.6 is 11.6 Å². The van der Waals surface area contributed by atoms with E-state index >= 15 is 0 Å². The monoisotopic (exact) mass is 406 g/mol. The van der Waals surface area contributed by atoms with E-state index in [1.54, 1.807) is 0 Å². The maximum atomic E-state index is 12.4. The fourth-order valence-electron chi connectivity index (χ4n) is 3.89. The molecule has 1 aromatic rings. The smallest absolute Gasteiger partial charge is 0.410 e. The number of rotatable bonds is 2. The molecular weight excluding hydrogens is 376 g/mol. The molecule has 0 bridgehead atoms. The number of piperidine rings is 1. The highest BCUT2D eigenvalue weighted by molar-refractivity contribution is 6.30. The Kier molecular flexibility index (Phi) is 6.69. The molecule has 2 saturated heterocycles. The SMILES string of the molecule is C=C1COC[C@H](c2ccc(Cl)cc2)N(C2CCN(C(=O)OC(C)(C)C)CC2)C1. The quantitative estimate of drug-likeness (QED) is 0.669. The first kappa shape index (κ1) is 21.2. The van der Waals surface area contributed by atoms with Crippen molar-refractivity contribution in [2.45, 2.75) is 51.3 Å². The zero-order chi connectivity index (χ0) is 20.3. The van der Waals surface area contributed by atoms with E-state index in [4.69, 9.17) is 21.1 Å². The van der Waals surface area contributed by atoms with Crippen LogP contribution in [0.4, 0.5) is 4.79 Å². The molecule has 0 radical (unpaired) electrons. The van der Waals surface area contributed by atoms with Crippen molar-refractivity contribution in [3.8, 4) is 0 Å². The molecule has 2 fully saturated rings. The third-order valence-electron chi connectivity index (χ3n) is 5.23. The van der Waals surface area contributed by atoms with Gasteiger partial charge in [0.05, 0.1) is 19.3 Å². The summed E-state index contributed by atoms with van der Waals surface area (Å²) in [4.78, 5) is 16.7. The van der Waals surface area contributed by atoms with Crippen LogP contribution < -0.4 is 0 Å². The molecular formula is C22H31ClN2O3. The van der Waals surface area contributed by atoms with Crippen LogP contribution in [0.1, 0.15) is 45.2 Å². The minimum atomic E-state index is -0.465. The van der Waals surface area contributed by atoms with Gasteiger partial charge in [-0.2, -0.15) is 0 Å². The number of halogens is 1. The van der Waals surface area contributed by atoms with Gasteiger partial charge < -0.3 is 14.4 Å². The molecule has 1 atom stereocenters. The Hall–Kier alpha value is -1.56. The number of carbonyl (C=O) groups is 1. The summed E-state index contributed by atoms with van der Waals surface area (Å²) >= 11 is 6.07. The molecule has 2 aliphatic heterocycles. The Bertz CT molecular complexity index is 691. The molecule has 0 saturated carbocycles. The lowest BCUT2D eigenvalue weighted by Crippen LogP contribution is -2.49. The lowest BCUT2D eigenvalue weighted by molar-refractivity contribution is 0.00867. The molecule has 0 aliphatic carbocycles. The third kappa shape index (κ3) is 5.49. The predicted molar refractivity (Wildman–Crippen MR) is 112 cm³/mol. The maximum absolute atomic E-state index is 12.4. The molecule has 28 heavy (non-hydrogen) atoms. The fraction of sp³-hybridized carbons (Fsp3) is 0.591. The normalized spacial score (nSPS) is 22.8. The van der Waals surface area contributed by atoms with Crippen molar-refractivity contribution in [3.63, 3.8) is 0 Å². The first-order chi connectivity index (χ1) is 13.2. The average Bonchev–Trinajstić information content (AvgIpc) is 2.83. The maximum Gasteiger partial charge on any atom is 0.410 e. The highest BCUT2D eigenvalue weighted by Crippen LogP contribution is 2.31. The lowest BCUT2D eigenvalue weighted by atomic mass is 9.97. The van der Waals surface area contributed by atoms with Crippen LogP contribution in [-0.4, -0.2) is 60.4 Å². The summed E-state index contributed by atoms with van der Waals surface area (Å²) in [6, 6.07) is 8.55. The van der Waals surface area contributed by atoms with Crippen molar-refractivity contribution < 1.29 is 14.3 Å². The number of likely N-dealkylation sites (tertiary alicyclic amines) is 1. The van der Waals surface area contributed by atoms with E-state index in [1.807, 2.05) is 37.8 Å². The topological polar surface area (TPSA) is 42.0 Å². The van der Waals surface area contributed by atoms with E-state index < -0.39 is 5.60 Å². The predicted octanol–water partition coefficient (Wildman–Crippen LogP) is 4.67. The summed E-state index contributed by atoms with van der Waals surface area (Å²) in [5.41, 5.74) is 1.83. The second kappa shape index (κ2) is 8.85. The van der Waals surface area contributed by atoms with Gasteiger partial charge in [-0.05, 0) is 56.9 Å². The number of hydrogen-bond donors (Lipinski definition) is 0. The summed E-state index contributed by atoms with van der Waals surface area (Å²) in [7, 11) is 0. The van der Waals surface area contributed by atoms with Gasteiger partial charge >= 0.3 is 6.09 Å². The zero-order valence-corrected chi connectivity index (χ0v) is 17.9. The van der Waals surface area contributed by atoms with Crippen LogP contribution in [-0.2, 0) is 9.47 Å². The Morgan fingerprint density at radius 3 is 2.46 bits per heavy atom. The Morgan fingerprint density at radius 1 is 1.21 bits per heavy atom. The van der Waals surface area contributed by atoms with E-state index in [9.17, 15) is 4.79 Å². The lowest BCUT2D eigenvalue weighted by Gasteiger charge is -2.41. The summed E-state index contributed by atoms with van der Waals surface area (Å²) in [5.74, 6) is 0. The van der Waals surface area contributed by atoms with Crippen molar-refractivity contribution in [2.75, 3.05) is 32.8 Å². The molecule has 5 nitrogen and oxygen atoms in total. The summed E-state index contributed by atoms with van der Waals surface area (Å²) in [6.07, 6.45) is 1.61. The highest BCUT2D eigenvalue weighted by atomic mass is 35.5. The molecule has 2 aliphatic rings. The van der Waals surface area contributed by atoms with E-state index in [1.165, 1.54) is 5.56 Å². The molecule has 1 aromatic carbocycles. The van der Waals surface area contributed by atoms with Crippen LogP contribution in [0.2, 0.25) is 5.02 Å². The van der Waals surface area contributed by atoms with Crippen molar-refractivity contribution in [2.24, 2.45) is 0 Å². The number of amides is 1. The second-order valence-corrected chi connectivity index (χ2v) is 9.14. The zero-order valence-electron chi connectivity index (χ0n) is 17.1. The van der Waals surface area contributed by atoms with Crippen LogP contribution in [0.15, 0.2) is 36.4 Å². The van der Waals surface area contributed by atoms with Crippen LogP contribution in [0.5, 0.6) is 0 Å². The number of ether oxygens (including phenoxy) is 2. The van der Waals surface area contributed by atoms with Gasteiger partial charge in [-0.15, -0.1) is 0 Å². The van der Waals surface area contributed by atoms with Gasteiger partial charge in [0.1, 0.15) is 5.60 Å². The van der Waals surface area contributed by atoms with Gasteiger partial charge in [-0.3, -0.25) is 4.90 Å². The largest absolute Gasteiger partial charge is 0.444 e. The summed E-state index contributed by atoms with van der Waals surface area (Å²) in [6.45, 7) is 13.3. The van der Waals surface area contributed by atoms with Gasteiger partial charge in [0, 0.05) is 30.7 Å². The minimum Gasteiger partial charge on any atom is -0.444 e. The molecule has 1 amide bonds. The van der Waals surface area contributed by atoms with E-state index in [-0.39, 0.29) is 12.1 Å². The number of nitrogens with zero attached hydrogens (tertiary/aromatic N) is 2. The van der Waals surface area contributed by atoms with Gasteiger partial charge in [0.25, 0.3) is 0 Å². The Labute approximate surface area is 173 Å². The first-order valence-electron chi connectivity index (χ1n) is 9.96. The summed E-state index contributed by atoms with van der Waals surface area (Å²) in [5, 5.41) is 0.736. The number of hydrogen-bond acceptors (Lipinski definition) is 4. The standard InChI is InChI=1S/C22H31ClN2O3/c1-16-13-25(20(15-27-14-16)17-5-7-18(23)8-6-17)19-9-11-24(12-10-19)21(26)28-22(2,3)4/h5-8,19-20H,1,9-15H2,2-4H3/t20-/m1/s1. The Balaban J connectivity index is 1.70.